The van der Waals surface area contributed by atoms with Crippen LogP contribution in [0.2, 0.25) is 0 Å². The molecule has 0 saturated carbocycles. The van der Waals surface area contributed by atoms with E-state index in [9.17, 15) is 20.4 Å². The molecule has 5 nitrogen and oxygen atoms in total. The molecule has 0 aliphatic carbocycles. The van der Waals surface area contributed by atoms with Crippen LogP contribution in [0.3, 0.4) is 0 Å². The molecule has 0 saturated heterocycles. The molecule has 0 radical (unpaired) electrons. The number of carbonyl (C=O) groups is 1. The van der Waals surface area contributed by atoms with Crippen molar-refractivity contribution in [2.24, 2.45) is 0 Å². The van der Waals surface area contributed by atoms with Crippen LogP contribution in [0.15, 0.2) is 44.8 Å². The predicted octanol–water partition coefficient (Wildman–Crippen LogP) is 3.56. The highest BCUT2D eigenvalue weighted by molar-refractivity contribution is 14.1. The SMILES string of the molecule is CC1=C(C#N)C(C)(c2cccc(C(=O)O)c2)C(C#N)=C(I)N1C. The van der Waals surface area contributed by atoms with Crippen LogP contribution in [0.25, 0.3) is 0 Å². The van der Waals surface area contributed by atoms with E-state index in [2.05, 4.69) is 34.7 Å². The minimum atomic E-state index is -1.04. The maximum absolute atomic E-state index is 11.3. The average molecular weight is 419 g/mol. The molecule has 6 heteroatoms. The Hall–Kier alpha value is -2.32. The Morgan fingerprint density at radius 2 is 1.91 bits per heavy atom. The van der Waals surface area contributed by atoms with Gasteiger partial charge in [-0.15, -0.1) is 0 Å². The van der Waals surface area contributed by atoms with Crippen molar-refractivity contribution >= 4 is 28.6 Å². The van der Waals surface area contributed by atoms with Crippen molar-refractivity contribution in [1.29, 1.82) is 10.5 Å². The van der Waals surface area contributed by atoms with Crippen molar-refractivity contribution in [2.75, 3.05) is 7.05 Å². The topological polar surface area (TPSA) is 88.1 Å². The van der Waals surface area contributed by atoms with Gasteiger partial charge >= 0.3 is 5.97 Å². The Morgan fingerprint density at radius 1 is 1.30 bits per heavy atom. The smallest absolute Gasteiger partial charge is 0.335 e. The summed E-state index contributed by atoms with van der Waals surface area (Å²) in [5.74, 6) is -1.04. The number of carboxylic acid groups (broad SMARTS) is 1. The van der Waals surface area contributed by atoms with E-state index in [0.717, 1.165) is 9.40 Å². The summed E-state index contributed by atoms with van der Waals surface area (Å²) < 4.78 is 0.727. The van der Waals surface area contributed by atoms with Gasteiger partial charge in [0.05, 0.1) is 38.0 Å². The van der Waals surface area contributed by atoms with Crippen LogP contribution < -0.4 is 0 Å². The Bertz CT molecular complexity index is 802. The second-order valence-electron chi connectivity index (χ2n) is 5.42. The molecule has 1 heterocycles. The number of rotatable bonds is 2. The molecule has 1 aliphatic heterocycles. The number of hydrogen-bond acceptors (Lipinski definition) is 4. The summed E-state index contributed by atoms with van der Waals surface area (Å²) in [4.78, 5) is 13.1. The van der Waals surface area contributed by atoms with Crippen molar-refractivity contribution in [3.05, 3.63) is 55.9 Å². The molecule has 1 aliphatic rings. The fourth-order valence-electron chi connectivity index (χ4n) is 2.78. The quantitative estimate of drug-likeness (QED) is 0.585. The second-order valence-corrected chi connectivity index (χ2v) is 6.44. The Morgan fingerprint density at radius 3 is 2.43 bits per heavy atom. The Labute approximate surface area is 148 Å². The molecule has 1 aromatic rings. The lowest BCUT2D eigenvalue weighted by Crippen LogP contribution is -2.36. The van der Waals surface area contributed by atoms with Crippen molar-refractivity contribution < 1.29 is 9.90 Å². The zero-order valence-electron chi connectivity index (χ0n) is 12.9. The maximum atomic E-state index is 11.3. The molecule has 0 aromatic heterocycles. The summed E-state index contributed by atoms with van der Waals surface area (Å²) >= 11 is 2.08. The number of aromatic carboxylic acids is 1. The molecule has 1 N–H and O–H groups in total. The van der Waals surface area contributed by atoms with Gasteiger partial charge in [0.25, 0.3) is 0 Å². The molecule has 0 spiro atoms. The first-order valence-corrected chi connectivity index (χ1v) is 7.86. The van der Waals surface area contributed by atoms with Crippen LogP contribution in [0.4, 0.5) is 0 Å². The number of benzene rings is 1. The number of nitrogens with zero attached hydrogens (tertiary/aromatic N) is 3. The van der Waals surface area contributed by atoms with E-state index >= 15 is 0 Å². The van der Waals surface area contributed by atoms with Gasteiger partial charge in [-0.05, 0) is 54.1 Å². The monoisotopic (exact) mass is 419 g/mol. The van der Waals surface area contributed by atoms with Crippen LogP contribution in [0.5, 0.6) is 0 Å². The molecule has 2 rings (SSSR count). The molecule has 0 fully saturated rings. The summed E-state index contributed by atoms with van der Waals surface area (Å²) in [6.07, 6.45) is 0. The summed E-state index contributed by atoms with van der Waals surface area (Å²) in [5.41, 5.74) is 1.41. The van der Waals surface area contributed by atoms with E-state index in [1.54, 1.807) is 31.0 Å². The van der Waals surface area contributed by atoms with E-state index in [4.69, 9.17) is 0 Å². The number of allylic oxidation sites excluding steroid dienone is 3. The zero-order valence-corrected chi connectivity index (χ0v) is 15.0. The first-order chi connectivity index (χ1) is 10.8. The Kier molecular flexibility index (Phi) is 4.49. The largest absolute Gasteiger partial charge is 0.478 e. The standard InChI is InChI=1S/C17H14IN3O2/c1-10-13(8-19)17(2,14(9-20)15(18)21(10)3)12-6-4-5-11(7-12)16(22)23/h4-7H,1-3H3,(H,22,23). The van der Waals surface area contributed by atoms with Gasteiger partial charge in [0, 0.05) is 12.7 Å². The predicted molar refractivity (Wildman–Crippen MR) is 93.5 cm³/mol. The van der Waals surface area contributed by atoms with Gasteiger partial charge in [0.1, 0.15) is 0 Å². The average Bonchev–Trinajstić information content (AvgIpc) is 2.54. The molecular formula is C17H14IN3O2. The fourth-order valence-corrected chi connectivity index (χ4v) is 3.80. The number of carboxylic acids is 1. The van der Waals surface area contributed by atoms with Crippen molar-refractivity contribution in [2.45, 2.75) is 19.3 Å². The highest BCUT2D eigenvalue weighted by Gasteiger charge is 2.43. The van der Waals surface area contributed by atoms with Gasteiger partial charge in [-0.1, -0.05) is 12.1 Å². The van der Waals surface area contributed by atoms with E-state index in [-0.39, 0.29) is 5.56 Å². The molecule has 1 atom stereocenters. The van der Waals surface area contributed by atoms with Gasteiger partial charge in [-0.2, -0.15) is 10.5 Å². The molecular weight excluding hydrogens is 405 g/mol. The minimum absolute atomic E-state index is 0.130. The number of hydrogen-bond donors (Lipinski definition) is 1. The lowest BCUT2D eigenvalue weighted by atomic mass is 9.69. The van der Waals surface area contributed by atoms with Gasteiger partial charge in [0.15, 0.2) is 0 Å². The number of nitriles is 2. The normalized spacial score (nSPS) is 21.0. The van der Waals surface area contributed by atoms with Gasteiger partial charge in [-0.25, -0.2) is 4.79 Å². The lowest BCUT2D eigenvalue weighted by Gasteiger charge is -2.39. The van der Waals surface area contributed by atoms with Crippen molar-refractivity contribution in [3.63, 3.8) is 0 Å². The summed E-state index contributed by atoms with van der Waals surface area (Å²) in [6, 6.07) is 10.8. The molecule has 116 valence electrons. The highest BCUT2D eigenvalue weighted by atomic mass is 127. The van der Waals surface area contributed by atoms with Gasteiger partial charge in [-0.3, -0.25) is 0 Å². The molecule has 23 heavy (non-hydrogen) atoms. The second kappa shape index (κ2) is 6.05. The first kappa shape index (κ1) is 17.0. The Balaban J connectivity index is 2.84. The highest BCUT2D eigenvalue weighted by Crippen LogP contribution is 2.47. The van der Waals surface area contributed by atoms with Crippen molar-refractivity contribution in [3.8, 4) is 12.1 Å². The van der Waals surface area contributed by atoms with E-state index in [1.165, 1.54) is 12.1 Å². The van der Waals surface area contributed by atoms with Crippen molar-refractivity contribution in [1.82, 2.24) is 4.90 Å². The minimum Gasteiger partial charge on any atom is -0.478 e. The fraction of sp³-hybridized carbons (Fsp3) is 0.235. The summed E-state index contributed by atoms with van der Waals surface area (Å²) in [7, 11) is 1.80. The number of halogens is 1. The molecule has 0 bridgehead atoms. The maximum Gasteiger partial charge on any atom is 0.335 e. The van der Waals surface area contributed by atoms with Crippen LogP contribution in [0, 0.1) is 22.7 Å². The van der Waals surface area contributed by atoms with Crippen LogP contribution in [-0.2, 0) is 5.41 Å². The van der Waals surface area contributed by atoms with Crippen LogP contribution in [-0.4, -0.2) is 23.0 Å². The molecule has 0 amide bonds. The first-order valence-electron chi connectivity index (χ1n) is 6.78. The van der Waals surface area contributed by atoms with Crippen LogP contribution >= 0.6 is 22.6 Å². The van der Waals surface area contributed by atoms with Gasteiger partial charge < -0.3 is 10.0 Å². The van der Waals surface area contributed by atoms with E-state index in [1.807, 2.05) is 6.92 Å². The van der Waals surface area contributed by atoms with Gasteiger partial charge in [0.2, 0.25) is 0 Å². The zero-order chi connectivity index (χ0) is 17.4. The van der Waals surface area contributed by atoms with E-state index < -0.39 is 11.4 Å². The van der Waals surface area contributed by atoms with E-state index in [0.29, 0.717) is 16.7 Å². The third kappa shape index (κ3) is 2.49. The molecule has 1 unspecified atom stereocenters. The lowest BCUT2D eigenvalue weighted by molar-refractivity contribution is 0.0696. The third-order valence-electron chi connectivity index (χ3n) is 4.28. The summed E-state index contributed by atoms with van der Waals surface area (Å²) in [5, 5.41) is 28.6. The molecule has 1 aromatic carbocycles. The van der Waals surface area contributed by atoms with Crippen LogP contribution in [0.1, 0.15) is 29.8 Å². The summed E-state index contributed by atoms with van der Waals surface area (Å²) in [6.45, 7) is 3.62. The third-order valence-corrected chi connectivity index (χ3v) is 5.54.